The lowest BCUT2D eigenvalue weighted by atomic mass is 9.98. The largest absolute Gasteiger partial charge is 0.345 e. The van der Waals surface area contributed by atoms with Crippen LogP contribution < -0.4 is 5.32 Å². The van der Waals surface area contributed by atoms with E-state index in [0.717, 1.165) is 25.7 Å². The predicted octanol–water partition coefficient (Wildman–Crippen LogP) is 4.27. The zero-order chi connectivity index (χ0) is 15.6. The molecule has 0 heterocycles. The minimum Gasteiger partial charge on any atom is -0.323 e. The summed E-state index contributed by atoms with van der Waals surface area (Å²) < 4.78 is 12.0. The van der Waals surface area contributed by atoms with Crippen LogP contribution in [0.15, 0.2) is 0 Å². The van der Waals surface area contributed by atoms with Gasteiger partial charge < -0.3 is 15.1 Å². The van der Waals surface area contributed by atoms with Crippen molar-refractivity contribution in [1.82, 2.24) is 5.32 Å². The molecule has 0 bridgehead atoms. The second kappa shape index (κ2) is 9.94. The Bertz CT molecular complexity index is 285. The second-order valence-corrected chi connectivity index (χ2v) is 7.82. The second-order valence-electron chi connectivity index (χ2n) is 5.87. The Morgan fingerprint density at radius 1 is 1.05 bits per heavy atom. The van der Waals surface area contributed by atoms with Gasteiger partial charge in [-0.25, -0.2) is 0 Å². The topological polar surface area (TPSA) is 69.6 Å². The summed E-state index contributed by atoms with van der Waals surface area (Å²) in [4.78, 5) is 19.6. The van der Waals surface area contributed by atoms with Gasteiger partial charge in [-0.15, -0.1) is 0 Å². The van der Waals surface area contributed by atoms with Gasteiger partial charge >= 0.3 is 7.60 Å². The molecule has 4 nitrogen and oxygen atoms in total. The van der Waals surface area contributed by atoms with Gasteiger partial charge in [0.1, 0.15) is 5.28 Å². The standard InChI is InChI=1S/C15H34NO3P/c1-5-9-10-14(8-4)13-16-15(11-6-2,12-7-3)20(17,18)19/h14,16H,5-13H2,1-4H3,(H2,17,18,19). The summed E-state index contributed by atoms with van der Waals surface area (Å²) in [7, 11) is -4.14. The number of nitrogens with one attached hydrogen (secondary N) is 1. The average Bonchev–Trinajstić information content (AvgIpc) is 2.38. The molecule has 1 atom stereocenters. The van der Waals surface area contributed by atoms with E-state index in [4.69, 9.17) is 0 Å². The maximum atomic E-state index is 12.0. The van der Waals surface area contributed by atoms with Gasteiger partial charge in [0, 0.05) is 0 Å². The van der Waals surface area contributed by atoms with Gasteiger partial charge in [-0.1, -0.05) is 59.8 Å². The van der Waals surface area contributed by atoms with Gasteiger partial charge in [0.2, 0.25) is 0 Å². The molecule has 0 saturated heterocycles. The minimum absolute atomic E-state index is 0.509. The summed E-state index contributed by atoms with van der Waals surface area (Å²) in [6.07, 6.45) is 7.19. The molecule has 0 aliphatic rings. The fourth-order valence-corrected chi connectivity index (χ4v) is 4.13. The Morgan fingerprint density at radius 3 is 1.95 bits per heavy atom. The van der Waals surface area contributed by atoms with E-state index in [0.29, 0.717) is 25.3 Å². The minimum atomic E-state index is -4.14. The van der Waals surface area contributed by atoms with Crippen LogP contribution in [0.25, 0.3) is 0 Å². The van der Waals surface area contributed by atoms with E-state index in [-0.39, 0.29) is 0 Å². The van der Waals surface area contributed by atoms with E-state index in [1.165, 1.54) is 12.8 Å². The van der Waals surface area contributed by atoms with Gasteiger partial charge in [0.25, 0.3) is 0 Å². The molecule has 0 aromatic rings. The van der Waals surface area contributed by atoms with Crippen molar-refractivity contribution in [2.24, 2.45) is 5.92 Å². The summed E-state index contributed by atoms with van der Waals surface area (Å²) in [5, 5.41) is 2.25. The van der Waals surface area contributed by atoms with Crippen LogP contribution in [0, 0.1) is 5.92 Å². The molecule has 0 aromatic carbocycles. The number of hydrogen-bond donors (Lipinski definition) is 3. The molecule has 0 amide bonds. The zero-order valence-corrected chi connectivity index (χ0v) is 14.6. The van der Waals surface area contributed by atoms with E-state index < -0.39 is 12.9 Å². The summed E-state index contributed by atoms with van der Waals surface area (Å²) >= 11 is 0. The van der Waals surface area contributed by atoms with Gasteiger partial charge in [-0.2, -0.15) is 0 Å². The van der Waals surface area contributed by atoms with Gasteiger partial charge in [-0.3, -0.25) is 4.57 Å². The zero-order valence-electron chi connectivity index (χ0n) is 13.7. The molecule has 1 unspecified atom stereocenters. The highest BCUT2D eigenvalue weighted by atomic mass is 31.2. The third-order valence-corrected chi connectivity index (χ3v) is 5.87. The first-order chi connectivity index (χ1) is 9.36. The molecule has 0 spiro atoms. The number of unbranched alkanes of at least 4 members (excludes halogenated alkanes) is 1. The fraction of sp³-hybridized carbons (Fsp3) is 1.00. The van der Waals surface area contributed by atoms with Crippen molar-refractivity contribution in [3.8, 4) is 0 Å². The van der Waals surface area contributed by atoms with Crippen LogP contribution in [0.5, 0.6) is 0 Å². The van der Waals surface area contributed by atoms with E-state index >= 15 is 0 Å². The van der Waals surface area contributed by atoms with Crippen molar-refractivity contribution in [3.05, 3.63) is 0 Å². The van der Waals surface area contributed by atoms with E-state index in [9.17, 15) is 14.4 Å². The molecule has 0 aliphatic carbocycles. The van der Waals surface area contributed by atoms with Crippen molar-refractivity contribution in [2.45, 2.75) is 84.3 Å². The van der Waals surface area contributed by atoms with Crippen LogP contribution in [0.4, 0.5) is 0 Å². The molecule has 0 radical (unpaired) electrons. The summed E-state index contributed by atoms with van der Waals surface area (Å²) in [6, 6.07) is 0. The third-order valence-electron chi connectivity index (χ3n) is 4.15. The number of hydrogen-bond acceptors (Lipinski definition) is 2. The first-order valence-corrected chi connectivity index (χ1v) is 9.78. The average molecular weight is 307 g/mol. The molecule has 0 aromatic heterocycles. The first-order valence-electron chi connectivity index (χ1n) is 8.17. The molecular formula is C15H34NO3P. The molecule has 122 valence electrons. The molecule has 20 heavy (non-hydrogen) atoms. The SMILES string of the molecule is CCCCC(CC)CNC(CCC)(CCC)P(=O)(O)O. The fourth-order valence-electron chi connectivity index (χ4n) is 2.80. The molecule has 0 fully saturated rings. The highest BCUT2D eigenvalue weighted by molar-refractivity contribution is 7.53. The van der Waals surface area contributed by atoms with Crippen molar-refractivity contribution >= 4 is 7.60 Å². The molecular weight excluding hydrogens is 273 g/mol. The van der Waals surface area contributed by atoms with E-state index in [1.807, 2.05) is 13.8 Å². The van der Waals surface area contributed by atoms with E-state index in [2.05, 4.69) is 19.2 Å². The van der Waals surface area contributed by atoms with Crippen molar-refractivity contribution < 1.29 is 14.4 Å². The lowest BCUT2D eigenvalue weighted by molar-refractivity contribution is 0.256. The lowest BCUT2D eigenvalue weighted by Gasteiger charge is -2.36. The summed E-state index contributed by atoms with van der Waals surface area (Å²) in [5.41, 5.74) is 0. The van der Waals surface area contributed by atoms with Crippen molar-refractivity contribution in [1.29, 1.82) is 0 Å². The quantitative estimate of drug-likeness (QED) is 0.471. The van der Waals surface area contributed by atoms with Gasteiger partial charge in [0.05, 0.1) is 0 Å². The molecule has 0 rings (SSSR count). The Hall–Kier alpha value is 0.110. The molecule has 0 saturated carbocycles. The summed E-state index contributed by atoms with van der Waals surface area (Å²) in [6.45, 7) is 9.00. The Morgan fingerprint density at radius 2 is 1.60 bits per heavy atom. The summed E-state index contributed by atoms with van der Waals surface area (Å²) in [5.74, 6) is 0.509. The van der Waals surface area contributed by atoms with Gasteiger partial charge in [0.15, 0.2) is 0 Å². The van der Waals surface area contributed by atoms with Crippen LogP contribution >= 0.6 is 7.60 Å². The lowest BCUT2D eigenvalue weighted by Crippen LogP contribution is -2.46. The predicted molar refractivity (Wildman–Crippen MR) is 85.9 cm³/mol. The van der Waals surface area contributed by atoms with Crippen molar-refractivity contribution in [2.75, 3.05) is 6.54 Å². The first kappa shape index (κ1) is 20.1. The molecule has 5 heteroatoms. The maximum Gasteiger partial charge on any atom is 0.345 e. The Balaban J connectivity index is 4.82. The highest BCUT2D eigenvalue weighted by Crippen LogP contribution is 2.53. The van der Waals surface area contributed by atoms with E-state index in [1.54, 1.807) is 0 Å². The van der Waals surface area contributed by atoms with Gasteiger partial charge in [-0.05, 0) is 31.7 Å². The van der Waals surface area contributed by atoms with Crippen LogP contribution in [-0.2, 0) is 4.57 Å². The smallest absolute Gasteiger partial charge is 0.323 e. The highest BCUT2D eigenvalue weighted by Gasteiger charge is 2.44. The monoisotopic (exact) mass is 307 g/mol. The molecule has 0 aliphatic heterocycles. The Labute approximate surface area is 124 Å². The number of rotatable bonds is 12. The van der Waals surface area contributed by atoms with Crippen molar-refractivity contribution in [3.63, 3.8) is 0 Å². The van der Waals surface area contributed by atoms with Crippen LogP contribution in [-0.4, -0.2) is 21.6 Å². The third kappa shape index (κ3) is 6.26. The van der Waals surface area contributed by atoms with Crippen LogP contribution in [0.1, 0.15) is 79.1 Å². The Kier molecular flexibility index (Phi) is 10.00. The van der Waals surface area contributed by atoms with Crippen LogP contribution in [0.2, 0.25) is 0 Å². The van der Waals surface area contributed by atoms with Crippen LogP contribution in [0.3, 0.4) is 0 Å². The molecule has 3 N–H and O–H groups in total. The normalized spacial score (nSPS) is 14.5. The maximum absolute atomic E-state index is 12.0.